The zero-order valence-electron chi connectivity index (χ0n) is 11.3. The van der Waals surface area contributed by atoms with E-state index in [0.29, 0.717) is 3.79 Å². The highest BCUT2D eigenvalue weighted by Crippen LogP contribution is 2.26. The number of sulfonamides is 1. The van der Waals surface area contributed by atoms with Gasteiger partial charge in [-0.05, 0) is 34.1 Å². The van der Waals surface area contributed by atoms with Crippen molar-refractivity contribution in [2.45, 2.75) is 16.9 Å². The molecule has 0 aliphatic rings. The number of nitrogens with zero attached hydrogens (tertiary/aromatic N) is 1. The predicted octanol–water partition coefficient (Wildman–Crippen LogP) is 3.33. The minimum Gasteiger partial charge on any atom is -0.468 e. The minimum atomic E-state index is -4.50. The average molecular weight is 431 g/mol. The number of halogens is 4. The van der Waals surface area contributed by atoms with Crippen LogP contribution in [0.4, 0.5) is 13.2 Å². The normalized spacial score (nSPS) is 12.3. The van der Waals surface area contributed by atoms with Crippen LogP contribution in [-0.4, -0.2) is 26.2 Å². The molecule has 2 heterocycles. The third-order valence-corrected chi connectivity index (χ3v) is 6.01. The summed E-state index contributed by atoms with van der Waals surface area (Å²) in [4.78, 5) is 3.70. The van der Waals surface area contributed by atoms with Gasteiger partial charge in [0.1, 0.15) is 4.21 Å². The summed E-state index contributed by atoms with van der Waals surface area (Å²) in [6.07, 6.45) is -3.24. The van der Waals surface area contributed by atoms with Gasteiger partial charge < -0.3 is 4.74 Å². The second kappa shape index (κ2) is 7.16. The fourth-order valence-corrected chi connectivity index (χ4v) is 4.59. The Hall–Kier alpha value is -1.17. The molecule has 2 rings (SSSR count). The van der Waals surface area contributed by atoms with Gasteiger partial charge in [0.25, 0.3) is 0 Å². The first-order valence-corrected chi connectivity index (χ1v) is 9.15. The maximum atomic E-state index is 12.2. The first-order valence-electron chi connectivity index (χ1n) is 6.06. The van der Waals surface area contributed by atoms with E-state index in [1.165, 1.54) is 24.4 Å². The quantitative estimate of drug-likeness (QED) is 0.762. The van der Waals surface area contributed by atoms with E-state index in [9.17, 15) is 21.6 Å². The van der Waals surface area contributed by atoms with Gasteiger partial charge in [0, 0.05) is 18.3 Å². The number of hydrogen-bond donors (Lipinski definition) is 1. The van der Waals surface area contributed by atoms with Crippen molar-refractivity contribution in [2.75, 3.05) is 6.61 Å². The van der Waals surface area contributed by atoms with Crippen LogP contribution in [0.25, 0.3) is 0 Å². The molecule has 0 aromatic carbocycles. The zero-order chi connectivity index (χ0) is 17.1. The number of aromatic nitrogens is 1. The van der Waals surface area contributed by atoms with E-state index in [2.05, 4.69) is 30.4 Å². The predicted molar refractivity (Wildman–Crippen MR) is 81.8 cm³/mol. The van der Waals surface area contributed by atoms with Crippen LogP contribution in [0.15, 0.2) is 38.5 Å². The summed E-state index contributed by atoms with van der Waals surface area (Å²) in [6, 6.07) is 5.92. The molecule has 1 N–H and O–H groups in total. The second-order valence-corrected chi connectivity index (χ2v) is 8.71. The third-order valence-electron chi connectivity index (χ3n) is 2.49. The lowest BCUT2D eigenvalue weighted by Crippen LogP contribution is -2.24. The van der Waals surface area contributed by atoms with Gasteiger partial charge in [-0.25, -0.2) is 18.1 Å². The molecule has 11 heteroatoms. The molecule has 0 amide bonds. The van der Waals surface area contributed by atoms with Crippen molar-refractivity contribution >= 4 is 37.3 Å². The van der Waals surface area contributed by atoms with Gasteiger partial charge in [0.2, 0.25) is 15.9 Å². The monoisotopic (exact) mass is 430 g/mol. The van der Waals surface area contributed by atoms with E-state index < -0.39 is 22.8 Å². The summed E-state index contributed by atoms with van der Waals surface area (Å²) in [5.41, 5.74) is 0.205. The van der Waals surface area contributed by atoms with Crippen molar-refractivity contribution < 1.29 is 26.3 Å². The minimum absolute atomic E-state index is 0.0889. The molecule has 0 saturated heterocycles. The van der Waals surface area contributed by atoms with Crippen LogP contribution in [0.2, 0.25) is 0 Å². The summed E-state index contributed by atoms with van der Waals surface area (Å²) in [7, 11) is -3.76. The van der Waals surface area contributed by atoms with Crippen molar-refractivity contribution in [3.63, 3.8) is 0 Å². The van der Waals surface area contributed by atoms with Crippen molar-refractivity contribution in [3.05, 3.63) is 39.8 Å². The lowest BCUT2D eigenvalue weighted by Gasteiger charge is -2.12. The van der Waals surface area contributed by atoms with Crippen LogP contribution in [0, 0.1) is 0 Å². The second-order valence-electron chi connectivity index (χ2n) is 4.25. The van der Waals surface area contributed by atoms with Gasteiger partial charge in [-0.2, -0.15) is 13.2 Å². The molecule has 0 aliphatic heterocycles. The van der Waals surface area contributed by atoms with Crippen LogP contribution in [0.5, 0.6) is 5.88 Å². The highest BCUT2D eigenvalue weighted by Gasteiger charge is 2.29. The fourth-order valence-electron chi connectivity index (χ4n) is 1.52. The lowest BCUT2D eigenvalue weighted by atomic mass is 10.3. The molecule has 0 spiro atoms. The van der Waals surface area contributed by atoms with E-state index >= 15 is 0 Å². The molecule has 23 heavy (non-hydrogen) atoms. The molecule has 0 fully saturated rings. The average Bonchev–Trinajstić information content (AvgIpc) is 2.90. The van der Waals surface area contributed by atoms with Gasteiger partial charge >= 0.3 is 6.18 Å². The van der Waals surface area contributed by atoms with Crippen molar-refractivity contribution in [3.8, 4) is 5.88 Å². The first kappa shape index (κ1) is 18.2. The molecule has 0 saturated carbocycles. The highest BCUT2D eigenvalue weighted by molar-refractivity contribution is 9.11. The zero-order valence-corrected chi connectivity index (χ0v) is 14.5. The number of hydrogen-bond acceptors (Lipinski definition) is 5. The molecular formula is C12H10BrF3N2O3S2. The van der Waals surface area contributed by atoms with Gasteiger partial charge in [-0.3, -0.25) is 0 Å². The SMILES string of the molecule is O=S(=O)(NCc1cccnc1OCC(F)(F)F)c1ccc(Br)s1. The van der Waals surface area contributed by atoms with E-state index in [-0.39, 0.29) is 22.2 Å². The smallest absolute Gasteiger partial charge is 0.422 e. The molecule has 2 aromatic rings. The molecule has 126 valence electrons. The van der Waals surface area contributed by atoms with E-state index in [4.69, 9.17) is 0 Å². The van der Waals surface area contributed by atoms with Crippen molar-refractivity contribution in [1.29, 1.82) is 0 Å². The van der Waals surface area contributed by atoms with Crippen LogP contribution in [0.1, 0.15) is 5.56 Å². The lowest BCUT2D eigenvalue weighted by molar-refractivity contribution is -0.154. The maximum absolute atomic E-state index is 12.2. The van der Waals surface area contributed by atoms with Crippen LogP contribution in [-0.2, 0) is 16.6 Å². The molecule has 5 nitrogen and oxygen atoms in total. The van der Waals surface area contributed by atoms with Crippen LogP contribution in [0.3, 0.4) is 0 Å². The summed E-state index contributed by atoms with van der Waals surface area (Å²) >= 11 is 4.18. The van der Waals surface area contributed by atoms with E-state index in [0.717, 1.165) is 11.3 Å². The topological polar surface area (TPSA) is 68.3 Å². The van der Waals surface area contributed by atoms with Gasteiger partial charge in [0.05, 0.1) is 3.79 Å². The van der Waals surface area contributed by atoms with Gasteiger partial charge in [-0.1, -0.05) is 6.07 Å². The molecule has 0 aliphatic carbocycles. The standard InChI is InChI=1S/C12H10BrF3N2O3S2/c13-9-3-4-10(22-9)23(19,20)18-6-8-2-1-5-17-11(8)21-7-12(14,15)16/h1-5,18H,6-7H2. The molecule has 0 unspecified atom stereocenters. The number of thiophene rings is 1. The Kier molecular flexibility index (Phi) is 5.65. The molecule has 0 bridgehead atoms. The number of ether oxygens (including phenoxy) is 1. The fraction of sp³-hybridized carbons (Fsp3) is 0.250. The molecule has 0 atom stereocenters. The van der Waals surface area contributed by atoms with Crippen LogP contribution < -0.4 is 9.46 Å². The summed E-state index contributed by atoms with van der Waals surface area (Å²) in [5.74, 6) is -0.264. The molecule has 0 radical (unpaired) electrons. The Morgan fingerprint density at radius 3 is 2.65 bits per heavy atom. The van der Waals surface area contributed by atoms with Crippen molar-refractivity contribution in [1.82, 2.24) is 9.71 Å². The van der Waals surface area contributed by atoms with E-state index in [1.807, 2.05) is 0 Å². The van der Waals surface area contributed by atoms with Gasteiger partial charge in [-0.15, -0.1) is 11.3 Å². The largest absolute Gasteiger partial charge is 0.468 e. The van der Waals surface area contributed by atoms with Crippen molar-refractivity contribution in [2.24, 2.45) is 0 Å². The highest BCUT2D eigenvalue weighted by atomic mass is 79.9. The summed E-state index contributed by atoms with van der Waals surface area (Å²) in [5, 5.41) is 0. The Morgan fingerprint density at radius 2 is 2.04 bits per heavy atom. The summed E-state index contributed by atoms with van der Waals surface area (Å²) < 4.78 is 68.4. The molecular weight excluding hydrogens is 421 g/mol. The number of rotatable bonds is 6. The number of alkyl halides is 3. The Morgan fingerprint density at radius 1 is 1.30 bits per heavy atom. The van der Waals surface area contributed by atoms with Gasteiger partial charge in [0.15, 0.2) is 6.61 Å². The third kappa shape index (κ3) is 5.44. The van der Waals surface area contributed by atoms with Crippen LogP contribution >= 0.6 is 27.3 Å². The first-order chi connectivity index (χ1) is 10.7. The molecule has 2 aromatic heterocycles. The Labute approximate surface area is 142 Å². The Balaban J connectivity index is 2.09. The Bertz CT molecular complexity index is 778. The van der Waals surface area contributed by atoms with E-state index in [1.54, 1.807) is 6.07 Å². The number of pyridine rings is 1. The summed E-state index contributed by atoms with van der Waals surface area (Å²) in [6.45, 7) is -1.74. The number of nitrogens with one attached hydrogen (secondary N) is 1. The maximum Gasteiger partial charge on any atom is 0.422 e.